The van der Waals surface area contributed by atoms with Gasteiger partial charge in [-0.05, 0) is 31.9 Å². The van der Waals surface area contributed by atoms with Crippen LogP contribution in [0.1, 0.15) is 44.0 Å². The number of rotatable bonds is 5. The van der Waals surface area contributed by atoms with E-state index in [4.69, 9.17) is 4.74 Å². The number of β-lactam (4-membered cyclic amide) rings is 1. The fraction of sp³-hybridized carbons (Fsp3) is 0.467. The summed E-state index contributed by atoms with van der Waals surface area (Å²) in [6.07, 6.45) is 1.10. The van der Waals surface area contributed by atoms with Crippen molar-refractivity contribution in [1.82, 2.24) is 5.32 Å². The van der Waals surface area contributed by atoms with Gasteiger partial charge in [0.2, 0.25) is 5.91 Å². The zero-order valence-electron chi connectivity index (χ0n) is 11.5. The Labute approximate surface area is 113 Å². The lowest BCUT2D eigenvalue weighted by Gasteiger charge is -2.47. The minimum Gasteiger partial charge on any atom is -0.469 e. The molecule has 4 nitrogen and oxygen atoms in total. The molecule has 4 heteroatoms. The van der Waals surface area contributed by atoms with Gasteiger partial charge in [-0.15, -0.1) is 0 Å². The van der Waals surface area contributed by atoms with Crippen molar-refractivity contribution in [3.8, 4) is 5.75 Å². The Bertz CT molecular complexity index is 506. The van der Waals surface area contributed by atoms with Gasteiger partial charge in [-0.3, -0.25) is 9.59 Å². The van der Waals surface area contributed by atoms with E-state index in [0.717, 1.165) is 12.8 Å². The van der Waals surface area contributed by atoms with Crippen molar-refractivity contribution in [3.63, 3.8) is 0 Å². The molecule has 1 atom stereocenters. The summed E-state index contributed by atoms with van der Waals surface area (Å²) in [6.45, 7) is 5.47. The number of benzene rings is 1. The molecule has 1 aromatic rings. The number of para-hydroxylation sites is 1. The van der Waals surface area contributed by atoms with Gasteiger partial charge in [-0.25, -0.2) is 0 Å². The van der Waals surface area contributed by atoms with E-state index in [0.29, 0.717) is 11.3 Å². The molecule has 0 saturated carbocycles. The number of carbonyl (C=O) groups is 2. The van der Waals surface area contributed by atoms with Crippen LogP contribution in [0, 0.1) is 5.41 Å². The van der Waals surface area contributed by atoms with E-state index in [1.807, 2.05) is 19.9 Å². The number of nitrogens with one attached hydrogen (secondary N) is 1. The quantitative estimate of drug-likeness (QED) is 0.654. The molecule has 1 heterocycles. The first-order chi connectivity index (χ1) is 9.05. The molecule has 0 bridgehead atoms. The molecule has 1 aliphatic rings. The van der Waals surface area contributed by atoms with Crippen LogP contribution in [0.3, 0.4) is 0 Å². The highest BCUT2D eigenvalue weighted by Crippen LogP contribution is 2.39. The van der Waals surface area contributed by atoms with Gasteiger partial charge in [0.25, 0.3) is 0 Å². The largest absolute Gasteiger partial charge is 0.469 e. The second-order valence-corrected chi connectivity index (χ2v) is 4.89. The van der Waals surface area contributed by atoms with Gasteiger partial charge in [-0.1, -0.05) is 26.0 Å². The Balaban J connectivity index is 2.23. The minimum absolute atomic E-state index is 0.0304. The standard InChI is InChI=1S/C15H19NO3/c1-4-15(5-2)13(18)16-14(15)19-12-9-7-6-8-11(12)10(3)17/h6-9,14H,4-5H2,1-3H3,(H,16,18)/t14-/m1/s1. The fourth-order valence-electron chi connectivity index (χ4n) is 2.51. The van der Waals surface area contributed by atoms with E-state index in [1.54, 1.807) is 18.2 Å². The molecular weight excluding hydrogens is 242 g/mol. The number of hydrogen-bond donors (Lipinski definition) is 1. The molecule has 0 aliphatic carbocycles. The summed E-state index contributed by atoms with van der Waals surface area (Å²) in [5.74, 6) is 0.522. The lowest BCUT2D eigenvalue weighted by atomic mass is 9.73. The van der Waals surface area contributed by atoms with Crippen LogP contribution in [0.15, 0.2) is 24.3 Å². The van der Waals surface area contributed by atoms with Gasteiger partial charge >= 0.3 is 0 Å². The number of ketones is 1. The predicted octanol–water partition coefficient (Wildman–Crippen LogP) is 2.53. The van der Waals surface area contributed by atoms with Crippen LogP contribution in [-0.2, 0) is 4.79 Å². The smallest absolute Gasteiger partial charge is 0.234 e. The molecule has 1 saturated heterocycles. The molecule has 0 unspecified atom stereocenters. The zero-order chi connectivity index (χ0) is 14.0. The van der Waals surface area contributed by atoms with E-state index < -0.39 is 5.41 Å². The summed E-state index contributed by atoms with van der Waals surface area (Å²) in [5, 5.41) is 2.78. The summed E-state index contributed by atoms with van der Waals surface area (Å²) in [7, 11) is 0. The lowest BCUT2D eigenvalue weighted by molar-refractivity contribution is -0.161. The first-order valence-corrected chi connectivity index (χ1v) is 6.62. The van der Waals surface area contributed by atoms with E-state index in [1.165, 1.54) is 6.92 Å². The van der Waals surface area contributed by atoms with E-state index in [9.17, 15) is 9.59 Å². The molecule has 2 rings (SSSR count). The highest BCUT2D eigenvalue weighted by Gasteiger charge is 2.54. The summed E-state index contributed by atoms with van der Waals surface area (Å²) in [5.41, 5.74) is 0.0777. The van der Waals surface area contributed by atoms with Crippen molar-refractivity contribution in [2.24, 2.45) is 5.41 Å². The molecule has 1 amide bonds. The van der Waals surface area contributed by atoms with Crippen LogP contribution >= 0.6 is 0 Å². The molecule has 1 aliphatic heterocycles. The zero-order valence-corrected chi connectivity index (χ0v) is 11.5. The topological polar surface area (TPSA) is 55.4 Å². The normalized spacial score (nSPS) is 20.4. The lowest BCUT2D eigenvalue weighted by Crippen LogP contribution is -2.69. The molecule has 1 fully saturated rings. The third-order valence-corrected chi connectivity index (χ3v) is 3.99. The molecule has 0 spiro atoms. The van der Waals surface area contributed by atoms with Gasteiger partial charge in [-0.2, -0.15) is 0 Å². The van der Waals surface area contributed by atoms with Crippen molar-refractivity contribution in [2.75, 3.05) is 0 Å². The maximum absolute atomic E-state index is 11.8. The second kappa shape index (κ2) is 5.03. The second-order valence-electron chi connectivity index (χ2n) is 4.89. The van der Waals surface area contributed by atoms with Crippen LogP contribution in [0.25, 0.3) is 0 Å². The maximum atomic E-state index is 11.8. The summed E-state index contributed by atoms with van der Waals surface area (Å²) in [6, 6.07) is 7.12. The Kier molecular flexibility index (Phi) is 3.60. The molecule has 1 N–H and O–H groups in total. The number of hydrogen-bond acceptors (Lipinski definition) is 3. The number of Topliss-reactive ketones (excluding diaryl/α,β-unsaturated/α-hetero) is 1. The predicted molar refractivity (Wildman–Crippen MR) is 72.0 cm³/mol. The molecule has 19 heavy (non-hydrogen) atoms. The number of amides is 1. The Morgan fingerprint density at radius 2 is 1.95 bits per heavy atom. The van der Waals surface area contributed by atoms with Crippen LogP contribution < -0.4 is 10.1 Å². The third-order valence-electron chi connectivity index (χ3n) is 3.99. The number of ether oxygens (including phenoxy) is 1. The van der Waals surface area contributed by atoms with Gasteiger partial charge in [0.15, 0.2) is 12.0 Å². The van der Waals surface area contributed by atoms with E-state index >= 15 is 0 Å². The SMILES string of the molecule is CCC1(CC)C(=O)N[C@@H]1Oc1ccccc1C(C)=O. The Morgan fingerprint density at radius 3 is 2.47 bits per heavy atom. The van der Waals surface area contributed by atoms with Gasteiger partial charge in [0.05, 0.1) is 5.56 Å². The first kappa shape index (κ1) is 13.6. The highest BCUT2D eigenvalue weighted by molar-refractivity contribution is 5.97. The summed E-state index contributed by atoms with van der Waals surface area (Å²) < 4.78 is 5.86. The van der Waals surface area contributed by atoms with Crippen molar-refractivity contribution in [2.45, 2.75) is 39.8 Å². The van der Waals surface area contributed by atoms with Gasteiger partial charge < -0.3 is 10.1 Å². The number of carbonyl (C=O) groups excluding carboxylic acids is 2. The molecule has 0 radical (unpaired) electrons. The molecule has 0 aromatic heterocycles. The monoisotopic (exact) mass is 261 g/mol. The van der Waals surface area contributed by atoms with Crippen molar-refractivity contribution in [1.29, 1.82) is 0 Å². The van der Waals surface area contributed by atoms with Gasteiger partial charge in [0.1, 0.15) is 11.2 Å². The fourth-order valence-corrected chi connectivity index (χ4v) is 2.51. The van der Waals surface area contributed by atoms with E-state index in [2.05, 4.69) is 5.32 Å². The van der Waals surface area contributed by atoms with E-state index in [-0.39, 0.29) is 17.9 Å². The molecule has 1 aromatic carbocycles. The Hall–Kier alpha value is -1.84. The molecule has 102 valence electrons. The van der Waals surface area contributed by atoms with Crippen LogP contribution in [0.5, 0.6) is 5.75 Å². The average Bonchev–Trinajstić information content (AvgIpc) is 2.40. The minimum atomic E-state index is -0.468. The van der Waals surface area contributed by atoms with Crippen molar-refractivity contribution < 1.29 is 14.3 Å². The first-order valence-electron chi connectivity index (χ1n) is 6.62. The summed E-state index contributed by atoms with van der Waals surface area (Å²) in [4.78, 5) is 23.3. The Morgan fingerprint density at radius 1 is 1.32 bits per heavy atom. The third kappa shape index (κ3) is 2.11. The van der Waals surface area contributed by atoms with Gasteiger partial charge in [0, 0.05) is 0 Å². The maximum Gasteiger partial charge on any atom is 0.234 e. The van der Waals surface area contributed by atoms with Crippen LogP contribution in [0.4, 0.5) is 0 Å². The van der Waals surface area contributed by atoms with Crippen molar-refractivity contribution in [3.05, 3.63) is 29.8 Å². The van der Waals surface area contributed by atoms with Crippen molar-refractivity contribution >= 4 is 11.7 Å². The average molecular weight is 261 g/mol. The molecular formula is C15H19NO3. The van der Waals surface area contributed by atoms with Crippen LogP contribution in [0.2, 0.25) is 0 Å². The highest BCUT2D eigenvalue weighted by atomic mass is 16.5. The summed E-state index contributed by atoms with van der Waals surface area (Å²) >= 11 is 0. The van der Waals surface area contributed by atoms with Crippen LogP contribution in [-0.4, -0.2) is 17.9 Å².